The van der Waals surface area contributed by atoms with Gasteiger partial charge in [0.1, 0.15) is 5.38 Å². The molecule has 17 heavy (non-hydrogen) atoms. The average molecular weight is 280 g/mol. The molecule has 1 aromatic rings. The van der Waals surface area contributed by atoms with Crippen LogP contribution in [0.4, 0.5) is 6.01 Å². The molecule has 1 aliphatic heterocycles. The fraction of sp³-hybridized carbons (Fsp3) is 0.778. The van der Waals surface area contributed by atoms with Crippen LogP contribution in [0.1, 0.15) is 31.0 Å². The number of sulfone groups is 1. The zero-order valence-electron chi connectivity index (χ0n) is 9.39. The Labute approximate surface area is 105 Å². The predicted octanol–water partition coefficient (Wildman–Crippen LogP) is 1.36. The van der Waals surface area contributed by atoms with Gasteiger partial charge in [0, 0.05) is 6.04 Å². The Morgan fingerprint density at radius 1 is 1.53 bits per heavy atom. The third-order valence-corrected chi connectivity index (χ3v) is 4.58. The molecule has 2 unspecified atom stereocenters. The van der Waals surface area contributed by atoms with Gasteiger partial charge in [-0.2, -0.15) is 0 Å². The van der Waals surface area contributed by atoms with Crippen molar-refractivity contribution in [3.05, 3.63) is 5.89 Å². The van der Waals surface area contributed by atoms with Crippen molar-refractivity contribution in [3.8, 4) is 0 Å². The van der Waals surface area contributed by atoms with E-state index in [0.29, 0.717) is 12.3 Å². The Morgan fingerprint density at radius 3 is 2.88 bits per heavy atom. The third-order valence-electron chi connectivity index (χ3n) is 2.57. The van der Waals surface area contributed by atoms with Crippen LogP contribution in [0.5, 0.6) is 0 Å². The number of hydrogen-bond donors (Lipinski definition) is 1. The van der Waals surface area contributed by atoms with Crippen molar-refractivity contribution in [2.75, 3.05) is 16.8 Å². The van der Waals surface area contributed by atoms with Gasteiger partial charge in [-0.25, -0.2) is 8.42 Å². The molecule has 8 heteroatoms. The quantitative estimate of drug-likeness (QED) is 0.841. The first-order valence-electron chi connectivity index (χ1n) is 5.41. The highest BCUT2D eigenvalue weighted by atomic mass is 35.5. The predicted molar refractivity (Wildman–Crippen MR) is 63.9 cm³/mol. The molecule has 0 radical (unpaired) electrons. The fourth-order valence-electron chi connectivity index (χ4n) is 1.76. The summed E-state index contributed by atoms with van der Waals surface area (Å²) in [5.41, 5.74) is 0. The zero-order valence-corrected chi connectivity index (χ0v) is 11.0. The van der Waals surface area contributed by atoms with E-state index in [0.717, 1.165) is 6.42 Å². The molecule has 0 aliphatic carbocycles. The summed E-state index contributed by atoms with van der Waals surface area (Å²) in [5.74, 6) is 0.702. The summed E-state index contributed by atoms with van der Waals surface area (Å²) in [5, 5.41) is 10.1. The van der Waals surface area contributed by atoms with Gasteiger partial charge in [-0.3, -0.25) is 0 Å². The lowest BCUT2D eigenvalue weighted by Crippen LogP contribution is -2.34. The minimum Gasteiger partial charge on any atom is -0.406 e. The Hall–Kier alpha value is -0.820. The van der Waals surface area contributed by atoms with Crippen molar-refractivity contribution in [1.29, 1.82) is 0 Å². The molecule has 0 saturated carbocycles. The van der Waals surface area contributed by atoms with Gasteiger partial charge in [-0.1, -0.05) is 5.10 Å². The lowest BCUT2D eigenvalue weighted by atomic mass is 10.2. The van der Waals surface area contributed by atoms with Gasteiger partial charge in [0.25, 0.3) is 0 Å². The molecule has 0 spiro atoms. The molecule has 1 aromatic heterocycles. The van der Waals surface area contributed by atoms with Crippen LogP contribution in [0.2, 0.25) is 0 Å². The molecule has 2 rings (SSSR count). The number of halogens is 1. The lowest BCUT2D eigenvalue weighted by molar-refractivity contribution is 0.494. The Bertz CT molecular complexity index is 485. The zero-order chi connectivity index (χ0) is 12.5. The van der Waals surface area contributed by atoms with Gasteiger partial charge in [-0.05, 0) is 19.8 Å². The molecule has 0 aromatic carbocycles. The number of nitrogens with zero attached hydrogens (tertiary/aromatic N) is 2. The van der Waals surface area contributed by atoms with Gasteiger partial charge >= 0.3 is 6.01 Å². The van der Waals surface area contributed by atoms with Crippen LogP contribution < -0.4 is 5.32 Å². The van der Waals surface area contributed by atoms with Crippen LogP contribution in [0.3, 0.4) is 0 Å². The number of nitrogens with one attached hydrogen (secondary N) is 1. The molecule has 1 fully saturated rings. The summed E-state index contributed by atoms with van der Waals surface area (Å²) in [4.78, 5) is 0. The summed E-state index contributed by atoms with van der Waals surface area (Å²) in [6, 6.07) is 0.0716. The van der Waals surface area contributed by atoms with Gasteiger partial charge in [0.05, 0.1) is 11.5 Å². The minimum absolute atomic E-state index is 0.112. The summed E-state index contributed by atoms with van der Waals surface area (Å²) >= 11 is 5.78. The Morgan fingerprint density at radius 2 is 2.29 bits per heavy atom. The highest BCUT2D eigenvalue weighted by Gasteiger charge is 2.26. The number of rotatable bonds is 3. The van der Waals surface area contributed by atoms with Crippen LogP contribution in [-0.2, 0) is 9.84 Å². The number of anilines is 1. The molecule has 2 atom stereocenters. The second-order valence-electron chi connectivity index (χ2n) is 4.16. The van der Waals surface area contributed by atoms with E-state index in [1.807, 2.05) is 0 Å². The molecule has 1 N–H and O–H groups in total. The molecule has 0 amide bonds. The molecule has 2 heterocycles. The van der Waals surface area contributed by atoms with E-state index in [-0.39, 0.29) is 28.9 Å². The Kier molecular flexibility index (Phi) is 3.58. The van der Waals surface area contributed by atoms with Crippen molar-refractivity contribution in [2.24, 2.45) is 0 Å². The monoisotopic (exact) mass is 279 g/mol. The molecular formula is C9H14ClN3O3S. The molecule has 0 bridgehead atoms. The van der Waals surface area contributed by atoms with Crippen molar-refractivity contribution in [2.45, 2.75) is 31.2 Å². The maximum absolute atomic E-state index is 11.4. The summed E-state index contributed by atoms with van der Waals surface area (Å²) in [6.07, 6.45) is 1.44. The molecule has 6 nitrogen and oxygen atoms in total. The van der Waals surface area contributed by atoms with Crippen LogP contribution in [-0.4, -0.2) is 36.2 Å². The van der Waals surface area contributed by atoms with Gasteiger partial charge in [0.2, 0.25) is 5.89 Å². The smallest absolute Gasteiger partial charge is 0.315 e. The van der Waals surface area contributed by atoms with Crippen LogP contribution in [0, 0.1) is 0 Å². The van der Waals surface area contributed by atoms with Gasteiger partial charge in [-0.15, -0.1) is 16.7 Å². The molecular weight excluding hydrogens is 266 g/mol. The third kappa shape index (κ3) is 3.32. The van der Waals surface area contributed by atoms with Crippen molar-refractivity contribution < 1.29 is 12.8 Å². The van der Waals surface area contributed by atoms with E-state index in [1.54, 1.807) is 6.92 Å². The second kappa shape index (κ2) is 4.81. The highest BCUT2D eigenvalue weighted by molar-refractivity contribution is 7.91. The topological polar surface area (TPSA) is 85.1 Å². The lowest BCUT2D eigenvalue weighted by Gasteiger charge is -2.21. The first-order chi connectivity index (χ1) is 7.96. The number of aromatic nitrogens is 2. The van der Waals surface area contributed by atoms with Crippen molar-refractivity contribution in [3.63, 3.8) is 0 Å². The summed E-state index contributed by atoms with van der Waals surface area (Å²) < 4.78 is 28.1. The SMILES string of the molecule is CC(Cl)c1nnc(NC2CCCS(=O)(=O)C2)o1. The standard InChI is InChI=1S/C9H14ClN3O3S/c1-6(10)8-12-13-9(16-8)11-7-3-2-4-17(14,15)5-7/h6-7H,2-5H2,1H3,(H,11,13). The first-order valence-corrected chi connectivity index (χ1v) is 7.66. The van der Waals surface area contributed by atoms with E-state index in [2.05, 4.69) is 15.5 Å². The summed E-state index contributed by atoms with van der Waals surface area (Å²) in [6.45, 7) is 1.73. The largest absolute Gasteiger partial charge is 0.406 e. The number of hydrogen-bond acceptors (Lipinski definition) is 6. The molecule has 1 saturated heterocycles. The molecule has 96 valence electrons. The van der Waals surface area contributed by atoms with Crippen LogP contribution in [0.25, 0.3) is 0 Å². The second-order valence-corrected chi connectivity index (χ2v) is 7.04. The van der Waals surface area contributed by atoms with E-state index >= 15 is 0 Å². The van der Waals surface area contributed by atoms with E-state index in [1.165, 1.54) is 0 Å². The van der Waals surface area contributed by atoms with E-state index < -0.39 is 9.84 Å². The summed E-state index contributed by atoms with van der Waals surface area (Å²) in [7, 11) is -2.94. The maximum Gasteiger partial charge on any atom is 0.315 e. The van der Waals surface area contributed by atoms with Gasteiger partial charge < -0.3 is 9.73 Å². The average Bonchev–Trinajstić information content (AvgIpc) is 2.64. The maximum atomic E-state index is 11.4. The molecule has 1 aliphatic rings. The van der Waals surface area contributed by atoms with E-state index in [4.69, 9.17) is 16.0 Å². The van der Waals surface area contributed by atoms with Crippen LogP contribution >= 0.6 is 11.6 Å². The van der Waals surface area contributed by atoms with Crippen molar-refractivity contribution >= 4 is 27.5 Å². The minimum atomic E-state index is -2.94. The van der Waals surface area contributed by atoms with Crippen LogP contribution in [0.15, 0.2) is 4.42 Å². The number of alkyl halides is 1. The fourth-order valence-corrected chi connectivity index (χ4v) is 3.49. The Balaban J connectivity index is 2.00. The normalized spacial score (nSPS) is 25.4. The van der Waals surface area contributed by atoms with Crippen molar-refractivity contribution in [1.82, 2.24) is 10.2 Å². The first kappa shape index (κ1) is 12.6. The van der Waals surface area contributed by atoms with E-state index in [9.17, 15) is 8.42 Å². The van der Waals surface area contributed by atoms with Gasteiger partial charge in [0.15, 0.2) is 9.84 Å². The highest BCUT2D eigenvalue weighted by Crippen LogP contribution is 2.21.